The van der Waals surface area contributed by atoms with Crippen LogP contribution in [0.2, 0.25) is 0 Å². The maximum atomic E-state index is 13.0. The lowest BCUT2D eigenvalue weighted by Gasteiger charge is -2.32. The van der Waals surface area contributed by atoms with Gasteiger partial charge in [0.1, 0.15) is 0 Å². The van der Waals surface area contributed by atoms with Crippen molar-refractivity contribution in [2.45, 2.75) is 32.4 Å². The molecule has 1 N–H and O–H groups in total. The Morgan fingerprint density at radius 2 is 1.55 bits per heavy atom. The van der Waals surface area contributed by atoms with Gasteiger partial charge in [0.2, 0.25) is 6.10 Å². The van der Waals surface area contributed by atoms with Gasteiger partial charge < -0.3 is 19.7 Å². The van der Waals surface area contributed by atoms with E-state index in [1.807, 2.05) is 20.8 Å². The van der Waals surface area contributed by atoms with Crippen LogP contribution in [0, 0.1) is 0 Å². The number of benzene rings is 2. The summed E-state index contributed by atoms with van der Waals surface area (Å²) >= 11 is 0. The summed E-state index contributed by atoms with van der Waals surface area (Å²) in [5.41, 5.74) is 0.502. The second kappa shape index (κ2) is 9.23. The van der Waals surface area contributed by atoms with Crippen molar-refractivity contribution in [1.82, 2.24) is 4.90 Å². The Morgan fingerprint density at radius 1 is 0.966 bits per heavy atom. The molecule has 1 unspecified atom stereocenters. The summed E-state index contributed by atoms with van der Waals surface area (Å²) in [5.74, 6) is -1.16. The van der Waals surface area contributed by atoms with Gasteiger partial charge in [-0.25, -0.2) is 9.59 Å². The normalized spacial score (nSPS) is 11.9. The van der Waals surface area contributed by atoms with Crippen LogP contribution in [0.5, 0.6) is 0 Å². The predicted molar refractivity (Wildman–Crippen MR) is 110 cm³/mol. The van der Waals surface area contributed by atoms with E-state index in [1.165, 1.54) is 12.0 Å². The third-order valence-corrected chi connectivity index (χ3v) is 4.43. The highest BCUT2D eigenvalue weighted by Gasteiger charge is 2.31. The van der Waals surface area contributed by atoms with Crippen LogP contribution in [0.25, 0.3) is 0 Å². The average Bonchev–Trinajstić information content (AvgIpc) is 2.70. The van der Waals surface area contributed by atoms with Crippen molar-refractivity contribution in [1.29, 1.82) is 0 Å². The molecule has 7 nitrogen and oxygen atoms in total. The standard InChI is InChI=1S/C22H26N2O5/c1-22(2,3)24(4)21(27)29-18(15-11-7-6-8-12-15)19(25)23-17-14-10-9-13-16(17)20(26)28-5/h6-14,18H,1-5H3,(H,23,25). The Kier molecular flexibility index (Phi) is 6.98. The monoisotopic (exact) mass is 398 g/mol. The van der Waals surface area contributed by atoms with E-state index >= 15 is 0 Å². The SMILES string of the molecule is COC(=O)c1ccccc1NC(=O)C(OC(=O)N(C)C(C)(C)C)c1ccccc1. The molecule has 2 aromatic rings. The smallest absolute Gasteiger partial charge is 0.411 e. The lowest BCUT2D eigenvalue weighted by atomic mass is 10.1. The van der Waals surface area contributed by atoms with E-state index in [0.717, 1.165) is 0 Å². The molecule has 0 spiro atoms. The number of amides is 2. The van der Waals surface area contributed by atoms with Crippen molar-refractivity contribution >= 4 is 23.7 Å². The maximum absolute atomic E-state index is 13.0. The van der Waals surface area contributed by atoms with Gasteiger partial charge in [0.15, 0.2) is 0 Å². The van der Waals surface area contributed by atoms with Crippen molar-refractivity contribution in [3.05, 3.63) is 65.7 Å². The first-order valence-electron chi connectivity index (χ1n) is 9.12. The fourth-order valence-corrected chi connectivity index (χ4v) is 2.43. The molecule has 0 saturated carbocycles. The first-order valence-corrected chi connectivity index (χ1v) is 9.12. The van der Waals surface area contributed by atoms with Crippen molar-refractivity contribution in [2.75, 3.05) is 19.5 Å². The van der Waals surface area contributed by atoms with E-state index in [4.69, 9.17) is 9.47 Å². The zero-order chi connectivity index (χ0) is 21.6. The summed E-state index contributed by atoms with van der Waals surface area (Å²) in [5, 5.41) is 2.67. The third kappa shape index (κ3) is 5.57. The van der Waals surface area contributed by atoms with Gasteiger partial charge >= 0.3 is 12.1 Å². The number of rotatable bonds is 5. The number of carbonyl (C=O) groups excluding carboxylic acids is 3. The van der Waals surface area contributed by atoms with Crippen molar-refractivity contribution in [3.8, 4) is 0 Å². The number of ether oxygens (including phenoxy) is 2. The Morgan fingerprint density at radius 3 is 2.14 bits per heavy atom. The van der Waals surface area contributed by atoms with Crippen LogP contribution in [-0.4, -0.2) is 42.6 Å². The topological polar surface area (TPSA) is 84.9 Å². The molecule has 0 aliphatic carbocycles. The van der Waals surface area contributed by atoms with E-state index < -0.39 is 29.6 Å². The molecule has 0 heterocycles. The van der Waals surface area contributed by atoms with Crippen LogP contribution in [0.1, 0.15) is 42.8 Å². The first kappa shape index (κ1) is 21.9. The number of nitrogens with one attached hydrogen (secondary N) is 1. The molecule has 2 aromatic carbocycles. The number of hydrogen-bond acceptors (Lipinski definition) is 5. The van der Waals surface area contributed by atoms with Crippen LogP contribution in [0.15, 0.2) is 54.6 Å². The highest BCUT2D eigenvalue weighted by molar-refractivity contribution is 6.03. The van der Waals surface area contributed by atoms with Crippen molar-refractivity contribution in [2.24, 2.45) is 0 Å². The molecule has 0 fully saturated rings. The molecular weight excluding hydrogens is 372 g/mol. The molecule has 1 atom stereocenters. The zero-order valence-corrected chi connectivity index (χ0v) is 17.3. The molecule has 7 heteroatoms. The van der Waals surface area contributed by atoms with Crippen LogP contribution < -0.4 is 5.32 Å². The van der Waals surface area contributed by atoms with Gasteiger partial charge in [-0.15, -0.1) is 0 Å². The summed E-state index contributed by atoms with van der Waals surface area (Å²) < 4.78 is 10.3. The second-order valence-corrected chi connectivity index (χ2v) is 7.43. The number of anilines is 1. The quantitative estimate of drug-likeness (QED) is 0.769. The van der Waals surface area contributed by atoms with Gasteiger partial charge in [0.05, 0.1) is 18.4 Å². The minimum atomic E-state index is -1.20. The highest BCUT2D eigenvalue weighted by Crippen LogP contribution is 2.24. The number of hydrogen-bond donors (Lipinski definition) is 1. The van der Waals surface area contributed by atoms with Crippen molar-refractivity contribution in [3.63, 3.8) is 0 Å². The molecule has 0 aliphatic heterocycles. The largest absolute Gasteiger partial charge is 0.465 e. The molecule has 154 valence electrons. The zero-order valence-electron chi connectivity index (χ0n) is 17.3. The van der Waals surface area contributed by atoms with Crippen molar-refractivity contribution < 1.29 is 23.9 Å². The maximum Gasteiger partial charge on any atom is 0.411 e. The van der Waals surface area contributed by atoms with E-state index in [-0.39, 0.29) is 11.3 Å². The highest BCUT2D eigenvalue weighted by atomic mass is 16.6. The summed E-state index contributed by atoms with van der Waals surface area (Å²) in [6.45, 7) is 5.58. The fraction of sp³-hybridized carbons (Fsp3) is 0.318. The van der Waals surface area contributed by atoms with Gasteiger partial charge in [-0.2, -0.15) is 0 Å². The van der Waals surface area contributed by atoms with E-state index in [9.17, 15) is 14.4 Å². The van der Waals surface area contributed by atoms with Gasteiger partial charge in [-0.1, -0.05) is 42.5 Å². The van der Waals surface area contributed by atoms with Gasteiger partial charge in [-0.3, -0.25) is 4.79 Å². The number of nitrogens with zero attached hydrogens (tertiary/aromatic N) is 1. The van der Waals surface area contributed by atoms with Crippen LogP contribution in [0.4, 0.5) is 10.5 Å². The molecule has 2 amide bonds. The lowest BCUT2D eigenvalue weighted by Crippen LogP contribution is -2.44. The first-order chi connectivity index (χ1) is 13.6. The van der Waals surface area contributed by atoms with Gasteiger partial charge in [-0.05, 0) is 32.9 Å². The molecule has 0 bridgehead atoms. The lowest BCUT2D eigenvalue weighted by molar-refractivity contribution is -0.125. The number of para-hydroxylation sites is 1. The summed E-state index contributed by atoms with van der Waals surface area (Å²) in [6, 6.07) is 15.1. The number of esters is 1. The Hall–Kier alpha value is -3.35. The van der Waals surface area contributed by atoms with Gasteiger partial charge in [0.25, 0.3) is 5.91 Å². The van der Waals surface area contributed by atoms with Crippen LogP contribution in [-0.2, 0) is 14.3 Å². The molecule has 0 aliphatic rings. The van der Waals surface area contributed by atoms with Gasteiger partial charge in [0, 0.05) is 18.2 Å². The summed E-state index contributed by atoms with van der Waals surface area (Å²) in [4.78, 5) is 39.0. The van der Waals surface area contributed by atoms with E-state index in [1.54, 1.807) is 61.6 Å². The molecule has 2 rings (SSSR count). The Balaban J connectivity index is 2.32. The van der Waals surface area contributed by atoms with Crippen LogP contribution in [0.3, 0.4) is 0 Å². The predicted octanol–water partition coefficient (Wildman–Crippen LogP) is 4.02. The average molecular weight is 398 g/mol. The third-order valence-electron chi connectivity index (χ3n) is 4.43. The summed E-state index contributed by atoms with van der Waals surface area (Å²) in [6.07, 6.45) is -1.83. The Labute approximate surface area is 170 Å². The van der Waals surface area contributed by atoms with Crippen LogP contribution >= 0.6 is 0 Å². The number of methoxy groups -OCH3 is 1. The van der Waals surface area contributed by atoms with E-state index in [0.29, 0.717) is 5.56 Å². The minimum Gasteiger partial charge on any atom is -0.465 e. The van der Waals surface area contributed by atoms with E-state index in [2.05, 4.69) is 5.32 Å². The number of carbonyl (C=O) groups is 3. The molecular formula is C22H26N2O5. The molecule has 0 aromatic heterocycles. The minimum absolute atomic E-state index is 0.202. The summed E-state index contributed by atoms with van der Waals surface area (Å²) in [7, 11) is 2.87. The fourth-order valence-electron chi connectivity index (χ4n) is 2.43. The second-order valence-electron chi connectivity index (χ2n) is 7.43. The molecule has 0 radical (unpaired) electrons. The molecule has 0 saturated heterocycles. The molecule has 29 heavy (non-hydrogen) atoms. The Bertz CT molecular complexity index is 874.